The minimum atomic E-state index is -3.52. The Labute approximate surface area is 133 Å². The summed E-state index contributed by atoms with van der Waals surface area (Å²) in [4.78, 5) is 0. The van der Waals surface area contributed by atoms with Crippen molar-refractivity contribution in [1.29, 1.82) is 0 Å². The zero-order valence-electron chi connectivity index (χ0n) is 11.1. The van der Waals surface area contributed by atoms with E-state index in [9.17, 15) is 12.8 Å². The van der Waals surface area contributed by atoms with Crippen LogP contribution in [0.3, 0.4) is 0 Å². The molecular weight excluding hydrogens is 420 g/mol. The average molecular weight is 436 g/mol. The fourth-order valence-corrected chi connectivity index (χ4v) is 7.06. The standard InChI is InChI=1S/C11H16ClFINO2SSi/c1-7(18(16,17)15-19(2,3)4)8-5-6-9(13)11(14)10(8)12/h5-7,15H,1-4H3. The summed E-state index contributed by atoms with van der Waals surface area (Å²) in [7, 11) is -5.51. The molecule has 0 saturated heterocycles. The van der Waals surface area contributed by atoms with Crippen LogP contribution in [0.1, 0.15) is 17.7 Å². The molecule has 0 bridgehead atoms. The van der Waals surface area contributed by atoms with Gasteiger partial charge in [0.15, 0.2) is 0 Å². The first-order valence-electron chi connectivity index (χ1n) is 5.62. The molecule has 1 aromatic rings. The van der Waals surface area contributed by atoms with Crippen molar-refractivity contribution in [3.8, 4) is 0 Å². The lowest BCUT2D eigenvalue weighted by Gasteiger charge is -2.23. The average Bonchev–Trinajstić information content (AvgIpc) is 2.22. The fraction of sp³-hybridized carbons (Fsp3) is 0.455. The van der Waals surface area contributed by atoms with E-state index in [4.69, 9.17) is 11.6 Å². The summed E-state index contributed by atoms with van der Waals surface area (Å²) in [5.41, 5.74) is 0.415. The Balaban J connectivity index is 3.21. The van der Waals surface area contributed by atoms with Crippen molar-refractivity contribution in [3.05, 3.63) is 32.1 Å². The second kappa shape index (κ2) is 5.96. The van der Waals surface area contributed by atoms with Gasteiger partial charge < -0.3 is 0 Å². The lowest BCUT2D eigenvalue weighted by Crippen LogP contribution is -2.46. The molecule has 0 aliphatic heterocycles. The molecule has 0 radical (unpaired) electrons. The van der Waals surface area contributed by atoms with Crippen LogP contribution >= 0.6 is 34.2 Å². The van der Waals surface area contributed by atoms with Crippen molar-refractivity contribution in [2.24, 2.45) is 0 Å². The summed E-state index contributed by atoms with van der Waals surface area (Å²) < 4.78 is 40.8. The van der Waals surface area contributed by atoms with Gasteiger partial charge in [-0.15, -0.1) is 0 Å². The number of rotatable bonds is 4. The van der Waals surface area contributed by atoms with Crippen molar-refractivity contribution in [2.75, 3.05) is 0 Å². The van der Waals surface area contributed by atoms with Crippen LogP contribution in [-0.2, 0) is 10.0 Å². The summed E-state index contributed by atoms with van der Waals surface area (Å²) in [6.45, 7) is 7.24. The van der Waals surface area contributed by atoms with Crippen LogP contribution in [0.25, 0.3) is 0 Å². The zero-order chi connectivity index (χ0) is 15.0. The fourth-order valence-electron chi connectivity index (χ4n) is 1.54. The molecule has 1 aromatic carbocycles. The molecule has 108 valence electrons. The van der Waals surface area contributed by atoms with E-state index in [-0.39, 0.29) is 8.59 Å². The molecule has 0 aliphatic carbocycles. The second-order valence-electron chi connectivity index (χ2n) is 5.30. The summed E-state index contributed by atoms with van der Waals surface area (Å²) in [6, 6.07) is 2.66. The summed E-state index contributed by atoms with van der Waals surface area (Å²) in [5, 5.41) is -0.658. The maximum absolute atomic E-state index is 13.3. The Morgan fingerprint density at radius 1 is 1.37 bits per heavy atom. The highest BCUT2D eigenvalue weighted by molar-refractivity contribution is 14.1. The summed E-state index contributed by atoms with van der Waals surface area (Å²) in [5.74, 6) is -0.447. The monoisotopic (exact) mass is 435 g/mol. The number of hydrogen-bond donors (Lipinski definition) is 1. The predicted molar refractivity (Wildman–Crippen MR) is 87.9 cm³/mol. The number of sulfonamides is 1. The van der Waals surface area contributed by atoms with Gasteiger partial charge in [0.05, 0.1) is 13.8 Å². The molecular formula is C11H16ClFINO2SSi. The Kier molecular flexibility index (Phi) is 5.45. The highest BCUT2D eigenvalue weighted by Crippen LogP contribution is 2.33. The van der Waals surface area contributed by atoms with E-state index in [1.165, 1.54) is 12.1 Å². The van der Waals surface area contributed by atoms with Crippen LogP contribution in [0.4, 0.5) is 4.39 Å². The normalized spacial score (nSPS) is 14.5. The first-order chi connectivity index (χ1) is 8.46. The quantitative estimate of drug-likeness (QED) is 0.443. The number of benzene rings is 1. The van der Waals surface area contributed by atoms with Crippen molar-refractivity contribution in [2.45, 2.75) is 31.8 Å². The molecule has 0 fully saturated rings. The Morgan fingerprint density at radius 2 is 1.89 bits per heavy atom. The van der Waals surface area contributed by atoms with Crippen LogP contribution in [-0.4, -0.2) is 16.7 Å². The maximum atomic E-state index is 13.3. The van der Waals surface area contributed by atoms with E-state index >= 15 is 0 Å². The van der Waals surface area contributed by atoms with Crippen molar-refractivity contribution in [1.82, 2.24) is 4.39 Å². The Bertz CT molecular complexity index is 589. The molecule has 1 rings (SSSR count). The highest BCUT2D eigenvalue weighted by atomic mass is 127. The minimum Gasteiger partial charge on any atom is -0.237 e. The lowest BCUT2D eigenvalue weighted by molar-refractivity contribution is 0.581. The number of nitrogens with one attached hydrogen (secondary N) is 1. The van der Waals surface area contributed by atoms with Gasteiger partial charge in [-0.3, -0.25) is 0 Å². The maximum Gasteiger partial charge on any atom is 0.212 e. The molecule has 0 heterocycles. The molecule has 19 heavy (non-hydrogen) atoms. The van der Waals surface area contributed by atoms with Gasteiger partial charge in [-0.05, 0) is 41.1 Å². The Morgan fingerprint density at radius 3 is 2.37 bits per heavy atom. The Hall–Kier alpha value is 0.297. The lowest BCUT2D eigenvalue weighted by atomic mass is 10.1. The van der Waals surface area contributed by atoms with Crippen LogP contribution in [0.5, 0.6) is 0 Å². The largest absolute Gasteiger partial charge is 0.237 e. The molecule has 8 heteroatoms. The van der Waals surface area contributed by atoms with E-state index in [1.807, 2.05) is 19.6 Å². The van der Waals surface area contributed by atoms with Crippen LogP contribution in [0.2, 0.25) is 24.7 Å². The molecule has 1 atom stereocenters. The van der Waals surface area contributed by atoms with E-state index in [0.717, 1.165) is 0 Å². The third kappa shape index (κ3) is 4.38. The third-order valence-electron chi connectivity index (χ3n) is 2.42. The van der Waals surface area contributed by atoms with Crippen molar-refractivity contribution < 1.29 is 12.8 Å². The molecule has 0 aliphatic rings. The van der Waals surface area contributed by atoms with Gasteiger partial charge in [-0.25, -0.2) is 17.2 Å². The van der Waals surface area contributed by atoms with Gasteiger partial charge in [-0.1, -0.05) is 37.3 Å². The highest BCUT2D eigenvalue weighted by Gasteiger charge is 2.30. The van der Waals surface area contributed by atoms with E-state index in [2.05, 4.69) is 4.39 Å². The molecule has 0 spiro atoms. The first-order valence-corrected chi connectivity index (χ1v) is 12.1. The molecule has 3 nitrogen and oxygen atoms in total. The van der Waals surface area contributed by atoms with Crippen molar-refractivity contribution >= 4 is 52.5 Å². The van der Waals surface area contributed by atoms with Gasteiger partial charge in [0, 0.05) is 0 Å². The number of hydrogen-bond acceptors (Lipinski definition) is 2. The predicted octanol–water partition coefficient (Wildman–Crippen LogP) is 3.90. The minimum absolute atomic E-state index is 0.161. The zero-order valence-corrected chi connectivity index (χ0v) is 15.8. The molecule has 0 aromatic heterocycles. The van der Waals surface area contributed by atoms with Gasteiger partial charge >= 0.3 is 0 Å². The van der Waals surface area contributed by atoms with E-state index < -0.39 is 29.3 Å². The van der Waals surface area contributed by atoms with E-state index in [0.29, 0.717) is 5.56 Å². The van der Waals surface area contributed by atoms with Gasteiger partial charge in [-0.2, -0.15) is 0 Å². The van der Waals surface area contributed by atoms with Crippen LogP contribution in [0, 0.1) is 9.39 Å². The molecule has 1 N–H and O–H groups in total. The summed E-state index contributed by atoms with van der Waals surface area (Å²) >= 11 is 7.81. The van der Waals surface area contributed by atoms with Gasteiger partial charge in [0.1, 0.15) is 14.1 Å². The van der Waals surface area contributed by atoms with Gasteiger partial charge in [0.25, 0.3) is 0 Å². The molecule has 0 amide bonds. The van der Waals surface area contributed by atoms with Crippen LogP contribution < -0.4 is 4.39 Å². The second-order valence-corrected chi connectivity index (χ2v) is 13.9. The smallest absolute Gasteiger partial charge is 0.212 e. The molecule has 0 saturated carbocycles. The topological polar surface area (TPSA) is 46.2 Å². The molecule has 1 unspecified atom stereocenters. The van der Waals surface area contributed by atoms with Crippen LogP contribution in [0.15, 0.2) is 12.1 Å². The van der Waals surface area contributed by atoms with E-state index in [1.54, 1.807) is 29.5 Å². The number of halogens is 3. The summed E-state index contributed by atoms with van der Waals surface area (Å²) in [6.07, 6.45) is 0. The van der Waals surface area contributed by atoms with Gasteiger partial charge in [0.2, 0.25) is 10.0 Å². The SMILES string of the molecule is CC(c1ccc(F)c(I)c1Cl)S(=O)(=O)N[Si](C)(C)C. The third-order valence-corrected chi connectivity index (χ3v) is 8.97. The first kappa shape index (κ1) is 17.3. The van der Waals surface area contributed by atoms with Crippen molar-refractivity contribution in [3.63, 3.8) is 0 Å².